The largest absolute Gasteiger partial charge is 0.371 e. The number of nitrogens with two attached hydrogens (primary N) is 1. The van der Waals surface area contributed by atoms with Crippen molar-refractivity contribution in [2.75, 3.05) is 18.1 Å². The van der Waals surface area contributed by atoms with Crippen molar-refractivity contribution >= 4 is 22.9 Å². The number of imidazole rings is 1. The molecule has 62 valence electrons. The van der Waals surface area contributed by atoms with Gasteiger partial charge in [-0.2, -0.15) is 9.97 Å². The molecule has 2 rings (SSSR count). The number of hydrogen-bond donors (Lipinski definition) is 3. The van der Waals surface area contributed by atoms with Crippen molar-refractivity contribution in [3.8, 4) is 0 Å². The summed E-state index contributed by atoms with van der Waals surface area (Å²) >= 11 is 0. The highest BCUT2D eigenvalue weighted by Crippen LogP contribution is 2.15. The first-order chi connectivity index (χ1) is 5.81. The monoisotopic (exact) mass is 164 g/mol. The molecule has 0 unspecified atom stereocenters. The molecule has 0 fully saturated rings. The topological polar surface area (TPSA) is 92.5 Å². The van der Waals surface area contributed by atoms with Gasteiger partial charge in [-0.05, 0) is 0 Å². The molecule has 0 amide bonds. The smallest absolute Gasteiger partial charge is 0.224 e. The van der Waals surface area contributed by atoms with E-state index in [1.807, 2.05) is 0 Å². The summed E-state index contributed by atoms with van der Waals surface area (Å²) in [7, 11) is 1.77. The highest BCUT2D eigenvalue weighted by atomic mass is 15.1. The van der Waals surface area contributed by atoms with Gasteiger partial charge in [-0.25, -0.2) is 4.98 Å². The molecule has 0 radical (unpaired) electrons. The Bertz CT molecular complexity index is 405. The second-order valence-electron chi connectivity index (χ2n) is 2.28. The standard InChI is InChI=1S/C6H8N6/c1-8-4-3-5(10-2-9-3)12-6(7)11-4/h2H,1H3,(H4,7,8,9,10,11,12). The summed E-state index contributed by atoms with van der Waals surface area (Å²) < 4.78 is 0. The summed E-state index contributed by atoms with van der Waals surface area (Å²) in [6.45, 7) is 0. The van der Waals surface area contributed by atoms with Crippen LogP contribution in [0.25, 0.3) is 11.2 Å². The van der Waals surface area contributed by atoms with Gasteiger partial charge in [0.05, 0.1) is 6.33 Å². The molecule has 0 aromatic carbocycles. The van der Waals surface area contributed by atoms with Crippen LogP contribution in [0, 0.1) is 0 Å². The van der Waals surface area contributed by atoms with Crippen LogP contribution in [0.5, 0.6) is 0 Å². The highest BCUT2D eigenvalue weighted by Gasteiger charge is 2.05. The van der Waals surface area contributed by atoms with Crippen molar-refractivity contribution in [2.24, 2.45) is 0 Å². The van der Waals surface area contributed by atoms with E-state index in [1.165, 1.54) is 0 Å². The van der Waals surface area contributed by atoms with E-state index >= 15 is 0 Å². The lowest BCUT2D eigenvalue weighted by Crippen LogP contribution is -2.00. The normalized spacial score (nSPS) is 10.4. The number of rotatable bonds is 1. The Hall–Kier alpha value is -1.85. The van der Waals surface area contributed by atoms with Crippen molar-refractivity contribution in [2.45, 2.75) is 0 Å². The van der Waals surface area contributed by atoms with Crippen LogP contribution in [-0.4, -0.2) is 27.0 Å². The Balaban J connectivity index is 2.80. The number of anilines is 2. The third-order valence-electron chi connectivity index (χ3n) is 1.54. The second-order valence-corrected chi connectivity index (χ2v) is 2.28. The van der Waals surface area contributed by atoms with Gasteiger partial charge in [-0.15, -0.1) is 0 Å². The zero-order valence-electron chi connectivity index (χ0n) is 6.50. The maximum atomic E-state index is 5.44. The van der Waals surface area contributed by atoms with E-state index < -0.39 is 0 Å². The summed E-state index contributed by atoms with van der Waals surface area (Å²) in [4.78, 5) is 14.8. The van der Waals surface area contributed by atoms with Crippen LogP contribution in [-0.2, 0) is 0 Å². The molecular weight excluding hydrogens is 156 g/mol. The Morgan fingerprint density at radius 2 is 2.33 bits per heavy atom. The molecule has 4 N–H and O–H groups in total. The van der Waals surface area contributed by atoms with Crippen LogP contribution in [0.15, 0.2) is 6.33 Å². The molecule has 6 nitrogen and oxygen atoms in total. The number of aromatic nitrogens is 4. The van der Waals surface area contributed by atoms with Crippen molar-refractivity contribution in [1.82, 2.24) is 19.9 Å². The van der Waals surface area contributed by atoms with Crippen molar-refractivity contribution < 1.29 is 0 Å². The lowest BCUT2D eigenvalue weighted by Gasteiger charge is -1.99. The summed E-state index contributed by atoms with van der Waals surface area (Å²) in [6.07, 6.45) is 1.56. The lowest BCUT2D eigenvalue weighted by atomic mass is 10.5. The fraction of sp³-hybridized carbons (Fsp3) is 0.167. The number of fused-ring (bicyclic) bond motifs is 1. The maximum Gasteiger partial charge on any atom is 0.224 e. The minimum atomic E-state index is 0.221. The average Bonchev–Trinajstić information content (AvgIpc) is 2.50. The molecule has 0 atom stereocenters. The predicted octanol–water partition coefficient (Wildman–Crippen LogP) is -0.0232. The SMILES string of the molecule is CNc1nc(N)nc2nc[nH]c12. The first-order valence-electron chi connectivity index (χ1n) is 3.45. The van der Waals surface area contributed by atoms with Crippen LogP contribution in [0.3, 0.4) is 0 Å². The average molecular weight is 164 g/mol. The van der Waals surface area contributed by atoms with Gasteiger partial charge in [0.15, 0.2) is 11.5 Å². The zero-order valence-corrected chi connectivity index (χ0v) is 6.50. The molecule has 0 saturated heterocycles. The van der Waals surface area contributed by atoms with Crippen LogP contribution in [0.1, 0.15) is 0 Å². The van der Waals surface area contributed by atoms with Crippen molar-refractivity contribution in [3.05, 3.63) is 6.33 Å². The van der Waals surface area contributed by atoms with Gasteiger partial charge >= 0.3 is 0 Å². The number of H-pyrrole nitrogens is 1. The maximum absolute atomic E-state index is 5.44. The minimum absolute atomic E-state index is 0.221. The van der Waals surface area contributed by atoms with Crippen LogP contribution >= 0.6 is 0 Å². The molecule has 0 bridgehead atoms. The van der Waals surface area contributed by atoms with Crippen LogP contribution < -0.4 is 11.1 Å². The highest BCUT2D eigenvalue weighted by molar-refractivity contribution is 5.83. The zero-order chi connectivity index (χ0) is 8.55. The Morgan fingerprint density at radius 3 is 3.08 bits per heavy atom. The minimum Gasteiger partial charge on any atom is -0.371 e. The molecule has 6 heteroatoms. The van der Waals surface area contributed by atoms with E-state index in [0.29, 0.717) is 11.5 Å². The molecule has 0 aliphatic rings. The Kier molecular flexibility index (Phi) is 1.33. The number of aromatic amines is 1. The molecule has 0 aliphatic heterocycles. The molecule has 0 saturated carbocycles. The second kappa shape index (κ2) is 2.33. The molecule has 0 spiro atoms. The van der Waals surface area contributed by atoms with Crippen molar-refractivity contribution in [1.29, 1.82) is 0 Å². The molecular formula is C6H8N6. The van der Waals surface area contributed by atoms with Gasteiger partial charge in [0.25, 0.3) is 0 Å². The molecule has 2 heterocycles. The van der Waals surface area contributed by atoms with Gasteiger partial charge in [-0.3, -0.25) is 0 Å². The fourth-order valence-electron chi connectivity index (χ4n) is 1.03. The number of nitrogens with zero attached hydrogens (tertiary/aromatic N) is 3. The quantitative estimate of drug-likeness (QED) is 0.550. The third kappa shape index (κ3) is 0.849. The number of nitrogen functional groups attached to an aromatic ring is 1. The lowest BCUT2D eigenvalue weighted by molar-refractivity contribution is 1.20. The van der Waals surface area contributed by atoms with Gasteiger partial charge in [0.2, 0.25) is 5.95 Å². The van der Waals surface area contributed by atoms with Gasteiger partial charge in [0.1, 0.15) is 5.52 Å². The van der Waals surface area contributed by atoms with E-state index in [0.717, 1.165) is 5.52 Å². The van der Waals surface area contributed by atoms with E-state index in [1.54, 1.807) is 13.4 Å². The molecule has 2 aromatic heterocycles. The summed E-state index contributed by atoms with van der Waals surface area (Å²) in [5.41, 5.74) is 6.79. The first-order valence-corrected chi connectivity index (χ1v) is 3.45. The molecule has 2 aromatic rings. The van der Waals surface area contributed by atoms with Gasteiger partial charge in [0, 0.05) is 7.05 Å². The summed E-state index contributed by atoms with van der Waals surface area (Å²) in [6, 6.07) is 0. The van der Waals surface area contributed by atoms with Crippen LogP contribution in [0.4, 0.5) is 11.8 Å². The van der Waals surface area contributed by atoms with E-state index in [-0.39, 0.29) is 5.95 Å². The van der Waals surface area contributed by atoms with E-state index in [2.05, 4.69) is 25.3 Å². The van der Waals surface area contributed by atoms with Gasteiger partial charge < -0.3 is 16.0 Å². The van der Waals surface area contributed by atoms with E-state index in [9.17, 15) is 0 Å². The fourth-order valence-corrected chi connectivity index (χ4v) is 1.03. The van der Waals surface area contributed by atoms with Crippen LogP contribution in [0.2, 0.25) is 0 Å². The number of nitrogens with one attached hydrogen (secondary N) is 2. The first kappa shape index (κ1) is 6.84. The molecule has 0 aliphatic carbocycles. The van der Waals surface area contributed by atoms with Gasteiger partial charge in [-0.1, -0.05) is 0 Å². The molecule has 12 heavy (non-hydrogen) atoms. The van der Waals surface area contributed by atoms with Crippen molar-refractivity contribution in [3.63, 3.8) is 0 Å². The Morgan fingerprint density at radius 1 is 1.50 bits per heavy atom. The number of hydrogen-bond acceptors (Lipinski definition) is 5. The Labute approximate surface area is 68.2 Å². The summed E-state index contributed by atoms with van der Waals surface area (Å²) in [5, 5.41) is 2.89. The predicted molar refractivity (Wildman–Crippen MR) is 45.6 cm³/mol. The third-order valence-corrected chi connectivity index (χ3v) is 1.54. The summed E-state index contributed by atoms with van der Waals surface area (Å²) in [5.74, 6) is 0.883. The van der Waals surface area contributed by atoms with E-state index in [4.69, 9.17) is 5.73 Å².